The molecule has 1 heterocycles. The zero-order valence-electron chi connectivity index (χ0n) is 9.28. The zero-order valence-corrected chi connectivity index (χ0v) is 10.0. The van der Waals surface area contributed by atoms with E-state index in [1.165, 1.54) is 6.20 Å². The van der Waals surface area contributed by atoms with Crippen LogP contribution in [0.15, 0.2) is 30.5 Å². The Balaban J connectivity index is 2.22. The topological polar surface area (TPSA) is 61.0 Å². The smallest absolute Gasteiger partial charge is 0.416 e. The fourth-order valence-electron chi connectivity index (χ4n) is 1.26. The van der Waals surface area contributed by atoms with Crippen LogP contribution in [0.4, 0.5) is 19.1 Å². The molecule has 0 unspecified atom stereocenters. The summed E-state index contributed by atoms with van der Waals surface area (Å²) >= 11 is 5.76. The van der Waals surface area contributed by atoms with E-state index >= 15 is 0 Å². The summed E-state index contributed by atoms with van der Waals surface area (Å²) in [5.41, 5.74) is 4.58. The van der Waals surface area contributed by atoms with Gasteiger partial charge in [0, 0.05) is 0 Å². The molecule has 2 aromatic rings. The summed E-state index contributed by atoms with van der Waals surface area (Å²) < 4.78 is 42.3. The predicted octanol–water partition coefficient (Wildman–Crippen LogP) is 3.52. The second-order valence-corrected chi connectivity index (χ2v) is 3.91. The maximum absolute atomic E-state index is 12.4. The highest BCUT2D eigenvalue weighted by molar-refractivity contribution is 6.31. The van der Waals surface area contributed by atoms with Crippen LogP contribution in [0.5, 0.6) is 11.6 Å². The van der Waals surface area contributed by atoms with Crippen LogP contribution in [0.1, 0.15) is 5.56 Å². The standard InChI is InChI=1S/C11H7ClF3N3O/c12-8-5-17-10(16)18-9(8)19-7-3-1-6(2-4-7)11(13,14)15/h1-5H,(H2,16,17,18). The summed E-state index contributed by atoms with van der Waals surface area (Å²) in [5.74, 6) is 0.0910. The van der Waals surface area contributed by atoms with Crippen LogP contribution in [0.2, 0.25) is 5.02 Å². The highest BCUT2D eigenvalue weighted by Crippen LogP contribution is 2.32. The van der Waals surface area contributed by atoms with E-state index in [0.717, 1.165) is 24.3 Å². The molecule has 0 spiro atoms. The molecule has 0 amide bonds. The number of nitrogens with two attached hydrogens (primary N) is 1. The lowest BCUT2D eigenvalue weighted by molar-refractivity contribution is -0.137. The van der Waals surface area contributed by atoms with E-state index in [1.807, 2.05) is 0 Å². The molecule has 100 valence electrons. The van der Waals surface area contributed by atoms with Gasteiger partial charge in [-0.3, -0.25) is 0 Å². The van der Waals surface area contributed by atoms with Gasteiger partial charge in [0.2, 0.25) is 11.8 Å². The fourth-order valence-corrected chi connectivity index (χ4v) is 1.39. The number of aromatic nitrogens is 2. The molecule has 2 rings (SSSR count). The van der Waals surface area contributed by atoms with Gasteiger partial charge in [0.1, 0.15) is 10.8 Å². The third kappa shape index (κ3) is 3.25. The number of halogens is 4. The summed E-state index contributed by atoms with van der Waals surface area (Å²) in [6.45, 7) is 0. The predicted molar refractivity (Wildman–Crippen MR) is 63.0 cm³/mol. The van der Waals surface area contributed by atoms with Gasteiger partial charge < -0.3 is 10.5 Å². The van der Waals surface area contributed by atoms with Gasteiger partial charge in [-0.25, -0.2) is 4.98 Å². The Morgan fingerprint density at radius 1 is 1.16 bits per heavy atom. The molecule has 19 heavy (non-hydrogen) atoms. The van der Waals surface area contributed by atoms with Crippen molar-refractivity contribution in [3.63, 3.8) is 0 Å². The van der Waals surface area contributed by atoms with E-state index < -0.39 is 11.7 Å². The molecule has 0 aliphatic carbocycles. The highest BCUT2D eigenvalue weighted by atomic mass is 35.5. The van der Waals surface area contributed by atoms with Gasteiger partial charge in [-0.1, -0.05) is 11.6 Å². The summed E-state index contributed by atoms with van der Waals surface area (Å²) in [7, 11) is 0. The zero-order chi connectivity index (χ0) is 14.0. The third-order valence-electron chi connectivity index (χ3n) is 2.13. The molecular weight excluding hydrogens is 283 g/mol. The number of hydrogen-bond acceptors (Lipinski definition) is 4. The van der Waals surface area contributed by atoms with Crippen molar-refractivity contribution in [3.05, 3.63) is 41.0 Å². The third-order valence-corrected chi connectivity index (χ3v) is 2.39. The number of ether oxygens (including phenoxy) is 1. The van der Waals surface area contributed by atoms with E-state index in [0.29, 0.717) is 0 Å². The van der Waals surface area contributed by atoms with Gasteiger partial charge in [-0.15, -0.1) is 0 Å². The second kappa shape index (κ2) is 4.93. The van der Waals surface area contributed by atoms with Crippen LogP contribution in [0, 0.1) is 0 Å². The molecular formula is C11H7ClF3N3O. The van der Waals surface area contributed by atoms with Crippen LogP contribution >= 0.6 is 11.6 Å². The number of anilines is 1. The first-order valence-electron chi connectivity index (χ1n) is 4.99. The quantitative estimate of drug-likeness (QED) is 0.919. The SMILES string of the molecule is Nc1ncc(Cl)c(Oc2ccc(C(F)(F)F)cc2)n1. The van der Waals surface area contributed by atoms with Gasteiger partial charge >= 0.3 is 6.18 Å². The average Bonchev–Trinajstić information content (AvgIpc) is 2.33. The van der Waals surface area contributed by atoms with Crippen molar-refractivity contribution in [3.8, 4) is 11.6 Å². The minimum absolute atomic E-state index is 0.0195. The molecule has 0 atom stereocenters. The number of rotatable bonds is 2. The second-order valence-electron chi connectivity index (χ2n) is 3.51. The maximum Gasteiger partial charge on any atom is 0.416 e. The summed E-state index contributed by atoms with van der Waals surface area (Å²) in [4.78, 5) is 7.36. The molecule has 4 nitrogen and oxygen atoms in total. The van der Waals surface area contributed by atoms with Gasteiger partial charge in [0.15, 0.2) is 0 Å². The van der Waals surface area contributed by atoms with Gasteiger partial charge in [0.25, 0.3) is 0 Å². The molecule has 0 radical (unpaired) electrons. The van der Waals surface area contributed by atoms with Crippen molar-refractivity contribution in [2.24, 2.45) is 0 Å². The van der Waals surface area contributed by atoms with Crippen molar-refractivity contribution in [2.45, 2.75) is 6.18 Å². The highest BCUT2D eigenvalue weighted by Gasteiger charge is 2.30. The van der Waals surface area contributed by atoms with Crippen LogP contribution in [0.3, 0.4) is 0 Å². The number of nitrogen functional groups attached to an aromatic ring is 1. The Morgan fingerprint density at radius 3 is 2.37 bits per heavy atom. The summed E-state index contributed by atoms with van der Waals surface area (Å²) in [5, 5.41) is 0.106. The van der Waals surface area contributed by atoms with Crippen LogP contribution < -0.4 is 10.5 Å². The van der Waals surface area contributed by atoms with Crippen LogP contribution in [0.25, 0.3) is 0 Å². The Labute approximate surface area is 111 Å². The lowest BCUT2D eigenvalue weighted by Crippen LogP contribution is -2.04. The maximum atomic E-state index is 12.4. The van der Waals surface area contributed by atoms with E-state index in [2.05, 4.69) is 9.97 Å². The molecule has 2 N–H and O–H groups in total. The van der Waals surface area contributed by atoms with Crippen molar-refractivity contribution in [1.29, 1.82) is 0 Å². The monoisotopic (exact) mass is 289 g/mol. The summed E-state index contributed by atoms with van der Waals surface area (Å²) in [6.07, 6.45) is -3.15. The molecule has 0 bridgehead atoms. The number of nitrogens with zero attached hydrogens (tertiary/aromatic N) is 2. The van der Waals surface area contributed by atoms with Gasteiger partial charge in [-0.2, -0.15) is 18.2 Å². The molecule has 1 aromatic carbocycles. The van der Waals surface area contributed by atoms with Crippen molar-refractivity contribution >= 4 is 17.5 Å². The van der Waals surface area contributed by atoms with Gasteiger partial charge in [0.05, 0.1) is 11.8 Å². The first-order valence-corrected chi connectivity index (χ1v) is 5.37. The lowest BCUT2D eigenvalue weighted by atomic mass is 10.2. The average molecular weight is 290 g/mol. The Bertz CT molecular complexity index is 587. The Morgan fingerprint density at radius 2 is 1.79 bits per heavy atom. The minimum atomic E-state index is -4.39. The normalized spacial score (nSPS) is 11.4. The first-order chi connectivity index (χ1) is 8.86. The van der Waals surface area contributed by atoms with Crippen LogP contribution in [-0.2, 0) is 6.18 Å². The molecule has 8 heteroatoms. The number of hydrogen-bond donors (Lipinski definition) is 1. The summed E-state index contributed by atoms with van der Waals surface area (Å²) in [6, 6.07) is 4.12. The lowest BCUT2D eigenvalue weighted by Gasteiger charge is -2.09. The Hall–Kier alpha value is -2.02. The van der Waals surface area contributed by atoms with Crippen LogP contribution in [-0.4, -0.2) is 9.97 Å². The fraction of sp³-hybridized carbons (Fsp3) is 0.0909. The number of alkyl halides is 3. The largest absolute Gasteiger partial charge is 0.437 e. The first kappa shape index (κ1) is 13.4. The number of benzene rings is 1. The minimum Gasteiger partial charge on any atom is -0.437 e. The van der Waals surface area contributed by atoms with E-state index in [1.54, 1.807) is 0 Å². The van der Waals surface area contributed by atoms with Crippen molar-refractivity contribution in [2.75, 3.05) is 5.73 Å². The molecule has 0 aliphatic rings. The van der Waals surface area contributed by atoms with E-state index in [4.69, 9.17) is 22.1 Å². The molecule has 1 aromatic heterocycles. The molecule has 0 saturated carbocycles. The van der Waals surface area contributed by atoms with Crippen molar-refractivity contribution < 1.29 is 17.9 Å². The van der Waals surface area contributed by atoms with Crippen molar-refractivity contribution in [1.82, 2.24) is 9.97 Å². The molecule has 0 saturated heterocycles. The molecule has 0 fully saturated rings. The Kier molecular flexibility index (Phi) is 3.48. The van der Waals surface area contributed by atoms with E-state index in [-0.39, 0.29) is 22.6 Å². The van der Waals surface area contributed by atoms with E-state index in [9.17, 15) is 13.2 Å². The molecule has 0 aliphatic heterocycles. The van der Waals surface area contributed by atoms with Gasteiger partial charge in [-0.05, 0) is 24.3 Å².